The first-order valence-corrected chi connectivity index (χ1v) is 9.05. The summed E-state index contributed by atoms with van der Waals surface area (Å²) in [4.78, 5) is 16.3. The third kappa shape index (κ3) is 9.10. The predicted octanol–water partition coefficient (Wildman–Crippen LogP) is 2.63. The van der Waals surface area contributed by atoms with Gasteiger partial charge in [0.05, 0.1) is 6.10 Å². The Morgan fingerprint density at radius 1 is 1.16 bits per heavy atom. The van der Waals surface area contributed by atoms with E-state index in [4.69, 9.17) is 4.74 Å². The van der Waals surface area contributed by atoms with Crippen LogP contribution in [0, 0.1) is 5.92 Å². The van der Waals surface area contributed by atoms with Crippen molar-refractivity contribution in [3.8, 4) is 0 Å². The molecule has 0 saturated heterocycles. The number of para-hydroxylation sites is 1. The molecular weight excluding hydrogens is 316 g/mol. The molecule has 3 N–H and O–H groups in total. The SMILES string of the molecule is CCNC(=NCC(=O)Nc1ccccc1)NCCC(OCC)C(C)C. The van der Waals surface area contributed by atoms with Crippen LogP contribution >= 0.6 is 0 Å². The van der Waals surface area contributed by atoms with E-state index in [0.29, 0.717) is 11.9 Å². The van der Waals surface area contributed by atoms with Crippen LogP contribution in [0.15, 0.2) is 35.3 Å². The van der Waals surface area contributed by atoms with E-state index < -0.39 is 0 Å². The minimum atomic E-state index is -0.141. The normalized spacial score (nSPS) is 12.8. The van der Waals surface area contributed by atoms with Crippen molar-refractivity contribution in [3.63, 3.8) is 0 Å². The van der Waals surface area contributed by atoms with Crippen LogP contribution in [-0.2, 0) is 9.53 Å². The van der Waals surface area contributed by atoms with Gasteiger partial charge >= 0.3 is 0 Å². The summed E-state index contributed by atoms with van der Waals surface area (Å²) in [5.74, 6) is 0.973. The molecule has 1 aromatic carbocycles. The van der Waals surface area contributed by atoms with Gasteiger partial charge in [0.2, 0.25) is 5.91 Å². The molecule has 1 atom stereocenters. The number of rotatable bonds is 10. The number of nitrogens with one attached hydrogen (secondary N) is 3. The minimum Gasteiger partial charge on any atom is -0.378 e. The van der Waals surface area contributed by atoms with E-state index in [1.165, 1.54) is 0 Å². The molecule has 0 bridgehead atoms. The van der Waals surface area contributed by atoms with Crippen LogP contribution in [0.2, 0.25) is 0 Å². The van der Waals surface area contributed by atoms with Crippen LogP contribution in [0.25, 0.3) is 0 Å². The number of hydrogen-bond donors (Lipinski definition) is 3. The number of amides is 1. The first-order valence-electron chi connectivity index (χ1n) is 9.05. The fraction of sp³-hybridized carbons (Fsp3) is 0.579. The van der Waals surface area contributed by atoms with Gasteiger partial charge in [-0.3, -0.25) is 4.79 Å². The van der Waals surface area contributed by atoms with Crippen molar-refractivity contribution in [2.75, 3.05) is 31.6 Å². The van der Waals surface area contributed by atoms with Gasteiger partial charge in [0.25, 0.3) is 0 Å². The Labute approximate surface area is 151 Å². The molecule has 0 saturated carbocycles. The third-order valence-electron chi connectivity index (χ3n) is 3.63. The van der Waals surface area contributed by atoms with Crippen LogP contribution in [0.5, 0.6) is 0 Å². The quantitative estimate of drug-likeness (QED) is 0.449. The van der Waals surface area contributed by atoms with E-state index in [9.17, 15) is 4.79 Å². The van der Waals surface area contributed by atoms with Crippen molar-refractivity contribution >= 4 is 17.6 Å². The number of nitrogens with zero attached hydrogens (tertiary/aromatic N) is 1. The van der Waals surface area contributed by atoms with Crippen LogP contribution in [-0.4, -0.2) is 44.2 Å². The smallest absolute Gasteiger partial charge is 0.246 e. The number of aliphatic imine (C=N–C) groups is 1. The summed E-state index contributed by atoms with van der Waals surface area (Å²) in [5.41, 5.74) is 0.775. The predicted molar refractivity (Wildman–Crippen MR) is 104 cm³/mol. The highest BCUT2D eigenvalue weighted by atomic mass is 16.5. The largest absolute Gasteiger partial charge is 0.378 e. The molecule has 0 radical (unpaired) electrons. The highest BCUT2D eigenvalue weighted by Crippen LogP contribution is 2.09. The second kappa shape index (κ2) is 12.3. The summed E-state index contributed by atoms with van der Waals surface area (Å²) in [6.07, 6.45) is 1.12. The second-order valence-electron chi connectivity index (χ2n) is 6.06. The molecule has 140 valence electrons. The first kappa shape index (κ1) is 21.0. The lowest BCUT2D eigenvalue weighted by molar-refractivity contribution is -0.114. The van der Waals surface area contributed by atoms with Crippen molar-refractivity contribution < 1.29 is 9.53 Å². The van der Waals surface area contributed by atoms with Gasteiger partial charge in [-0.1, -0.05) is 32.0 Å². The molecule has 0 aliphatic heterocycles. The number of anilines is 1. The number of carbonyl (C=O) groups excluding carboxylic acids is 1. The van der Waals surface area contributed by atoms with Crippen molar-refractivity contribution in [3.05, 3.63) is 30.3 Å². The van der Waals surface area contributed by atoms with Crippen molar-refractivity contribution in [1.82, 2.24) is 10.6 Å². The van der Waals surface area contributed by atoms with Crippen molar-refractivity contribution in [1.29, 1.82) is 0 Å². The van der Waals surface area contributed by atoms with Crippen LogP contribution in [0.4, 0.5) is 5.69 Å². The Morgan fingerprint density at radius 2 is 1.88 bits per heavy atom. The molecule has 0 spiro atoms. The Balaban J connectivity index is 2.46. The maximum atomic E-state index is 12.0. The molecular formula is C19H32N4O2. The first-order chi connectivity index (χ1) is 12.1. The van der Waals surface area contributed by atoms with Gasteiger partial charge in [-0.05, 0) is 38.3 Å². The van der Waals surface area contributed by atoms with E-state index in [2.05, 4.69) is 34.8 Å². The summed E-state index contributed by atoms with van der Waals surface area (Å²) < 4.78 is 5.75. The van der Waals surface area contributed by atoms with E-state index in [1.807, 2.05) is 44.2 Å². The minimum absolute atomic E-state index is 0.0727. The van der Waals surface area contributed by atoms with Gasteiger partial charge in [-0.15, -0.1) is 0 Å². The van der Waals surface area contributed by atoms with E-state index in [0.717, 1.165) is 31.8 Å². The lowest BCUT2D eigenvalue weighted by atomic mass is 10.0. The summed E-state index contributed by atoms with van der Waals surface area (Å²) in [6.45, 7) is 10.6. The van der Waals surface area contributed by atoms with Gasteiger partial charge in [0, 0.05) is 25.4 Å². The Morgan fingerprint density at radius 3 is 2.48 bits per heavy atom. The van der Waals surface area contributed by atoms with Gasteiger partial charge in [0.15, 0.2) is 5.96 Å². The topological polar surface area (TPSA) is 74.8 Å². The molecule has 1 unspecified atom stereocenters. The monoisotopic (exact) mass is 348 g/mol. The molecule has 25 heavy (non-hydrogen) atoms. The van der Waals surface area contributed by atoms with E-state index >= 15 is 0 Å². The second-order valence-corrected chi connectivity index (χ2v) is 6.06. The van der Waals surface area contributed by atoms with Crippen LogP contribution < -0.4 is 16.0 Å². The zero-order chi connectivity index (χ0) is 18.5. The molecule has 1 rings (SSSR count). The lowest BCUT2D eigenvalue weighted by Gasteiger charge is -2.21. The third-order valence-corrected chi connectivity index (χ3v) is 3.63. The van der Waals surface area contributed by atoms with Gasteiger partial charge in [-0.25, -0.2) is 4.99 Å². The number of ether oxygens (including phenoxy) is 1. The fourth-order valence-corrected chi connectivity index (χ4v) is 2.37. The van der Waals surface area contributed by atoms with Gasteiger partial charge in [-0.2, -0.15) is 0 Å². The summed E-state index contributed by atoms with van der Waals surface area (Å²) >= 11 is 0. The zero-order valence-electron chi connectivity index (χ0n) is 15.8. The Hall–Kier alpha value is -2.08. The van der Waals surface area contributed by atoms with Crippen LogP contribution in [0.1, 0.15) is 34.1 Å². The standard InChI is InChI=1S/C19H32N4O2/c1-5-20-19(21-13-12-17(15(3)4)25-6-2)22-14-18(24)23-16-10-8-7-9-11-16/h7-11,15,17H,5-6,12-14H2,1-4H3,(H,23,24)(H2,20,21,22). The van der Waals surface area contributed by atoms with Crippen molar-refractivity contribution in [2.24, 2.45) is 10.9 Å². The molecule has 1 aromatic rings. The zero-order valence-corrected chi connectivity index (χ0v) is 15.8. The maximum Gasteiger partial charge on any atom is 0.246 e. The molecule has 0 aliphatic carbocycles. The van der Waals surface area contributed by atoms with Gasteiger partial charge in [0.1, 0.15) is 6.54 Å². The lowest BCUT2D eigenvalue weighted by Crippen LogP contribution is -2.40. The van der Waals surface area contributed by atoms with E-state index in [-0.39, 0.29) is 18.6 Å². The molecule has 6 heteroatoms. The number of carbonyl (C=O) groups is 1. The molecule has 0 heterocycles. The van der Waals surface area contributed by atoms with E-state index in [1.54, 1.807) is 0 Å². The molecule has 0 aromatic heterocycles. The highest BCUT2D eigenvalue weighted by Gasteiger charge is 2.13. The molecule has 6 nitrogen and oxygen atoms in total. The Bertz CT molecular complexity index is 517. The van der Waals surface area contributed by atoms with Crippen molar-refractivity contribution in [2.45, 2.75) is 40.2 Å². The summed E-state index contributed by atoms with van der Waals surface area (Å²) in [6, 6.07) is 9.38. The average molecular weight is 348 g/mol. The molecule has 1 amide bonds. The van der Waals surface area contributed by atoms with Crippen LogP contribution in [0.3, 0.4) is 0 Å². The maximum absolute atomic E-state index is 12.0. The summed E-state index contributed by atoms with van der Waals surface area (Å²) in [5, 5.41) is 9.24. The average Bonchev–Trinajstić information content (AvgIpc) is 2.59. The summed E-state index contributed by atoms with van der Waals surface area (Å²) in [7, 11) is 0. The Kier molecular flexibility index (Phi) is 10.3. The molecule has 0 fully saturated rings. The number of guanidine groups is 1. The number of benzene rings is 1. The number of hydrogen-bond acceptors (Lipinski definition) is 3. The highest BCUT2D eigenvalue weighted by molar-refractivity contribution is 5.94. The molecule has 0 aliphatic rings. The fourth-order valence-electron chi connectivity index (χ4n) is 2.37. The van der Waals surface area contributed by atoms with Gasteiger partial charge < -0.3 is 20.7 Å².